The molecule has 0 spiro atoms. The van der Waals surface area contributed by atoms with E-state index in [1.807, 2.05) is 29.2 Å². The second-order valence-corrected chi connectivity index (χ2v) is 6.71. The lowest BCUT2D eigenvalue weighted by Crippen LogP contribution is -2.38. The first-order valence-electron chi connectivity index (χ1n) is 9.28. The number of hydrogen-bond donors (Lipinski definition) is 1. The van der Waals surface area contributed by atoms with Crippen LogP contribution in [0.15, 0.2) is 36.7 Å². The van der Waals surface area contributed by atoms with Gasteiger partial charge < -0.3 is 19.7 Å². The number of nitrogens with zero attached hydrogens (tertiary/aromatic N) is 3. The van der Waals surface area contributed by atoms with Crippen LogP contribution in [0.1, 0.15) is 30.3 Å². The smallest absolute Gasteiger partial charge is 0.274 e. The molecule has 27 heavy (non-hydrogen) atoms. The largest absolute Gasteiger partial charge is 0.497 e. The van der Waals surface area contributed by atoms with Gasteiger partial charge >= 0.3 is 0 Å². The number of rotatable bonds is 7. The number of benzene rings is 1. The number of likely N-dealkylation sites (tertiary alicyclic amines) is 1. The summed E-state index contributed by atoms with van der Waals surface area (Å²) in [6, 6.07) is 7.43. The number of aromatic nitrogens is 2. The normalized spacial score (nSPS) is 14.7. The number of anilines is 1. The van der Waals surface area contributed by atoms with Gasteiger partial charge in [-0.3, -0.25) is 4.79 Å². The molecule has 7 heteroatoms. The van der Waals surface area contributed by atoms with Crippen LogP contribution in [-0.2, 0) is 0 Å². The topological polar surface area (TPSA) is 76.6 Å². The average molecular weight is 370 g/mol. The van der Waals surface area contributed by atoms with Crippen LogP contribution in [0.25, 0.3) is 0 Å². The lowest BCUT2D eigenvalue weighted by atomic mass is 9.99. The van der Waals surface area contributed by atoms with Gasteiger partial charge in [-0.05, 0) is 43.0 Å². The zero-order valence-corrected chi connectivity index (χ0v) is 15.9. The van der Waals surface area contributed by atoms with E-state index < -0.39 is 0 Å². The summed E-state index contributed by atoms with van der Waals surface area (Å²) in [4.78, 5) is 22.9. The van der Waals surface area contributed by atoms with Crippen LogP contribution in [0.5, 0.6) is 11.5 Å². The van der Waals surface area contributed by atoms with E-state index in [2.05, 4.69) is 22.2 Å². The molecule has 0 atom stereocenters. The van der Waals surface area contributed by atoms with Gasteiger partial charge in [-0.25, -0.2) is 9.97 Å². The van der Waals surface area contributed by atoms with Gasteiger partial charge in [-0.2, -0.15) is 0 Å². The molecule has 2 aromatic rings. The van der Waals surface area contributed by atoms with Crippen molar-refractivity contribution in [2.45, 2.75) is 19.8 Å². The summed E-state index contributed by atoms with van der Waals surface area (Å²) >= 11 is 0. The van der Waals surface area contributed by atoms with Gasteiger partial charge in [-0.1, -0.05) is 6.92 Å². The van der Waals surface area contributed by atoms with Gasteiger partial charge in [0.15, 0.2) is 0 Å². The highest BCUT2D eigenvalue weighted by Crippen LogP contribution is 2.18. The van der Waals surface area contributed by atoms with E-state index in [4.69, 9.17) is 9.47 Å². The summed E-state index contributed by atoms with van der Waals surface area (Å²) in [6.45, 7) is 4.88. The summed E-state index contributed by atoms with van der Waals surface area (Å²) < 4.78 is 10.8. The standard InChI is InChI=1S/C20H26N4O3/c1-15-7-10-24(11-8-15)20(25)18-13-23-19(14-22-18)21-9-12-27-17-5-3-16(26-2)4-6-17/h3-6,13-15H,7-12H2,1-2H3,(H,21,23). The molecule has 1 fully saturated rings. The van der Waals surface area contributed by atoms with Crippen molar-refractivity contribution in [3.8, 4) is 11.5 Å². The Hall–Kier alpha value is -2.83. The van der Waals surface area contributed by atoms with Crippen LogP contribution >= 0.6 is 0 Å². The number of methoxy groups -OCH3 is 1. The third-order valence-corrected chi connectivity index (χ3v) is 4.68. The molecule has 1 aromatic carbocycles. The minimum Gasteiger partial charge on any atom is -0.497 e. The van der Waals surface area contributed by atoms with Crippen LogP contribution < -0.4 is 14.8 Å². The van der Waals surface area contributed by atoms with Crippen LogP contribution in [0.3, 0.4) is 0 Å². The SMILES string of the molecule is COc1ccc(OCCNc2cnc(C(=O)N3CCC(C)CC3)cn2)cc1. The second-order valence-electron chi connectivity index (χ2n) is 6.71. The zero-order chi connectivity index (χ0) is 19.1. The molecule has 0 aliphatic carbocycles. The molecule has 2 heterocycles. The first-order valence-corrected chi connectivity index (χ1v) is 9.28. The number of amides is 1. The Morgan fingerprint density at radius 2 is 1.85 bits per heavy atom. The molecule has 1 aliphatic heterocycles. The lowest BCUT2D eigenvalue weighted by molar-refractivity contribution is 0.0691. The van der Waals surface area contributed by atoms with Gasteiger partial charge in [0.1, 0.15) is 29.6 Å². The molecule has 0 bridgehead atoms. The highest BCUT2D eigenvalue weighted by atomic mass is 16.5. The molecule has 7 nitrogen and oxygen atoms in total. The Kier molecular flexibility index (Phi) is 6.46. The van der Waals surface area contributed by atoms with Gasteiger partial charge in [0.25, 0.3) is 5.91 Å². The number of piperidine rings is 1. The predicted molar refractivity (Wildman–Crippen MR) is 103 cm³/mol. The molecule has 0 saturated carbocycles. The lowest BCUT2D eigenvalue weighted by Gasteiger charge is -2.29. The number of nitrogens with one attached hydrogen (secondary N) is 1. The van der Waals surface area contributed by atoms with Gasteiger partial charge in [0.05, 0.1) is 26.0 Å². The third kappa shape index (κ3) is 5.32. The van der Waals surface area contributed by atoms with Gasteiger partial charge in [0, 0.05) is 13.1 Å². The fourth-order valence-corrected chi connectivity index (χ4v) is 2.92. The number of carbonyl (C=O) groups is 1. The van der Waals surface area contributed by atoms with E-state index in [0.29, 0.717) is 30.6 Å². The summed E-state index contributed by atoms with van der Waals surface area (Å²) in [6.07, 6.45) is 5.22. The Balaban J connectivity index is 1.42. The van der Waals surface area contributed by atoms with Gasteiger partial charge in [0.2, 0.25) is 0 Å². The molecule has 1 N–H and O–H groups in total. The maximum atomic E-state index is 12.5. The molecular formula is C20H26N4O3. The Bertz CT molecular complexity index is 726. The molecular weight excluding hydrogens is 344 g/mol. The zero-order valence-electron chi connectivity index (χ0n) is 15.9. The third-order valence-electron chi connectivity index (χ3n) is 4.68. The summed E-state index contributed by atoms with van der Waals surface area (Å²) in [5.74, 6) is 2.85. The predicted octanol–water partition coefficient (Wildman–Crippen LogP) is 2.85. The van der Waals surface area contributed by atoms with E-state index in [-0.39, 0.29) is 5.91 Å². The molecule has 1 aliphatic rings. The fraction of sp³-hybridized carbons (Fsp3) is 0.450. The van der Waals surface area contributed by atoms with Crippen LogP contribution in [0, 0.1) is 5.92 Å². The van der Waals surface area contributed by atoms with Gasteiger partial charge in [-0.15, -0.1) is 0 Å². The van der Waals surface area contributed by atoms with Crippen molar-refractivity contribution in [3.05, 3.63) is 42.4 Å². The minimum absolute atomic E-state index is 0.0382. The Morgan fingerprint density at radius 1 is 1.15 bits per heavy atom. The fourth-order valence-electron chi connectivity index (χ4n) is 2.92. The van der Waals surface area contributed by atoms with E-state index in [9.17, 15) is 4.79 Å². The van der Waals surface area contributed by atoms with E-state index >= 15 is 0 Å². The van der Waals surface area contributed by atoms with E-state index in [0.717, 1.165) is 37.4 Å². The van der Waals surface area contributed by atoms with Crippen molar-refractivity contribution in [1.29, 1.82) is 0 Å². The number of hydrogen-bond acceptors (Lipinski definition) is 6. The highest BCUT2D eigenvalue weighted by molar-refractivity contribution is 5.92. The van der Waals surface area contributed by atoms with Crippen molar-refractivity contribution in [2.75, 3.05) is 38.7 Å². The summed E-state index contributed by atoms with van der Waals surface area (Å²) in [7, 11) is 1.63. The van der Waals surface area contributed by atoms with Crippen molar-refractivity contribution in [3.63, 3.8) is 0 Å². The number of carbonyl (C=O) groups excluding carboxylic acids is 1. The quantitative estimate of drug-likeness (QED) is 0.755. The Labute approximate surface area is 159 Å². The summed E-state index contributed by atoms with van der Waals surface area (Å²) in [5.41, 5.74) is 0.393. The maximum Gasteiger partial charge on any atom is 0.274 e. The van der Waals surface area contributed by atoms with Crippen molar-refractivity contribution in [1.82, 2.24) is 14.9 Å². The molecule has 0 unspecified atom stereocenters. The Morgan fingerprint density at radius 3 is 2.48 bits per heavy atom. The van der Waals surface area contributed by atoms with Crippen molar-refractivity contribution < 1.29 is 14.3 Å². The van der Waals surface area contributed by atoms with Crippen LogP contribution in [0.2, 0.25) is 0 Å². The minimum atomic E-state index is -0.0382. The number of ether oxygens (including phenoxy) is 2. The highest BCUT2D eigenvalue weighted by Gasteiger charge is 2.22. The first kappa shape index (κ1) is 18.9. The monoisotopic (exact) mass is 370 g/mol. The van der Waals surface area contributed by atoms with E-state index in [1.165, 1.54) is 6.20 Å². The second kappa shape index (κ2) is 9.21. The van der Waals surface area contributed by atoms with Crippen molar-refractivity contribution in [2.24, 2.45) is 5.92 Å². The van der Waals surface area contributed by atoms with E-state index in [1.54, 1.807) is 13.3 Å². The van der Waals surface area contributed by atoms with Crippen LogP contribution in [0.4, 0.5) is 5.82 Å². The molecule has 3 rings (SSSR count). The van der Waals surface area contributed by atoms with Crippen LogP contribution in [-0.4, -0.2) is 54.1 Å². The molecule has 144 valence electrons. The molecule has 0 radical (unpaired) electrons. The average Bonchev–Trinajstić information content (AvgIpc) is 2.72. The summed E-state index contributed by atoms with van der Waals surface area (Å²) in [5, 5.41) is 3.14. The molecule has 1 aromatic heterocycles. The first-order chi connectivity index (χ1) is 13.2. The molecule has 1 amide bonds. The molecule has 1 saturated heterocycles. The maximum absolute atomic E-state index is 12.5. The van der Waals surface area contributed by atoms with Crippen molar-refractivity contribution >= 4 is 11.7 Å².